The zero-order valence-corrected chi connectivity index (χ0v) is 11.4. The lowest BCUT2D eigenvalue weighted by Gasteiger charge is -2.12. The minimum atomic E-state index is -3.45. The summed E-state index contributed by atoms with van der Waals surface area (Å²) in [4.78, 5) is 4.23. The Morgan fingerprint density at radius 1 is 1.37 bits per heavy atom. The molecule has 0 radical (unpaired) electrons. The maximum absolute atomic E-state index is 10.9. The van der Waals surface area contributed by atoms with Gasteiger partial charge in [-0.2, -0.15) is 0 Å². The van der Waals surface area contributed by atoms with Crippen molar-refractivity contribution in [3.8, 4) is 5.75 Å². The quantitative estimate of drug-likeness (QED) is 0.900. The molecule has 0 aliphatic rings. The molecule has 0 saturated carbocycles. The monoisotopic (exact) mass is 280 g/mol. The zero-order valence-electron chi connectivity index (χ0n) is 10.6. The van der Waals surface area contributed by atoms with Gasteiger partial charge >= 0.3 is 0 Å². The minimum absolute atomic E-state index is 0.0845. The lowest BCUT2D eigenvalue weighted by Crippen LogP contribution is -2.25. The molecule has 0 spiro atoms. The minimum Gasteiger partial charge on any atom is -0.493 e. The first kappa shape index (κ1) is 13.8. The van der Waals surface area contributed by atoms with Gasteiger partial charge < -0.3 is 4.74 Å². The molecule has 6 heteroatoms. The van der Waals surface area contributed by atoms with E-state index in [2.05, 4.69) is 4.98 Å². The Hall–Kier alpha value is -1.66. The van der Waals surface area contributed by atoms with Crippen molar-refractivity contribution in [1.29, 1.82) is 0 Å². The third-order valence-electron chi connectivity index (χ3n) is 2.63. The van der Waals surface area contributed by atoms with Crippen molar-refractivity contribution in [2.24, 2.45) is 11.1 Å². The Balaban J connectivity index is 2.02. The number of primary sulfonamides is 1. The molecule has 1 unspecified atom stereocenters. The molecule has 2 rings (SSSR count). The first-order valence-corrected chi connectivity index (χ1v) is 7.63. The molecule has 5 nitrogen and oxygen atoms in total. The number of hydrogen-bond donors (Lipinski definition) is 1. The highest BCUT2D eigenvalue weighted by Crippen LogP contribution is 2.19. The third-order valence-corrected chi connectivity index (χ3v) is 3.66. The predicted octanol–water partition coefficient (Wildman–Crippen LogP) is 1.54. The van der Waals surface area contributed by atoms with Gasteiger partial charge in [-0.3, -0.25) is 4.98 Å². The fraction of sp³-hybridized carbons (Fsp3) is 0.308. The molecular formula is C13H16N2O3S. The van der Waals surface area contributed by atoms with Gasteiger partial charge in [0.1, 0.15) is 5.75 Å². The largest absolute Gasteiger partial charge is 0.493 e. The normalized spacial score (nSPS) is 13.4. The molecule has 19 heavy (non-hydrogen) atoms. The van der Waals surface area contributed by atoms with Crippen LogP contribution in [0.5, 0.6) is 5.75 Å². The van der Waals surface area contributed by atoms with Crippen LogP contribution in [0.4, 0.5) is 0 Å². The number of hydrogen-bond acceptors (Lipinski definition) is 4. The molecule has 2 N–H and O–H groups in total. The highest BCUT2D eigenvalue weighted by molar-refractivity contribution is 7.89. The number of ether oxygens (including phenoxy) is 1. The number of aromatic nitrogens is 1. The van der Waals surface area contributed by atoms with E-state index >= 15 is 0 Å². The van der Waals surface area contributed by atoms with Gasteiger partial charge in [0.05, 0.1) is 17.9 Å². The number of benzene rings is 1. The van der Waals surface area contributed by atoms with E-state index in [4.69, 9.17) is 9.88 Å². The van der Waals surface area contributed by atoms with E-state index in [1.165, 1.54) is 0 Å². The SMILES string of the molecule is CC(COc1ccc2cccnc2c1)CS(N)(=O)=O. The van der Waals surface area contributed by atoms with Gasteiger partial charge in [0.15, 0.2) is 0 Å². The van der Waals surface area contributed by atoms with E-state index in [1.807, 2.05) is 30.3 Å². The van der Waals surface area contributed by atoms with E-state index in [-0.39, 0.29) is 11.7 Å². The van der Waals surface area contributed by atoms with Crippen molar-refractivity contribution >= 4 is 20.9 Å². The molecule has 1 aromatic carbocycles. The van der Waals surface area contributed by atoms with Crippen LogP contribution in [0.1, 0.15) is 6.92 Å². The summed E-state index contributed by atoms with van der Waals surface area (Å²) in [6.45, 7) is 2.08. The Bertz CT molecular complexity index is 670. The maximum atomic E-state index is 10.9. The van der Waals surface area contributed by atoms with Gasteiger partial charge in [-0.1, -0.05) is 13.0 Å². The van der Waals surface area contributed by atoms with Crippen molar-refractivity contribution in [1.82, 2.24) is 4.98 Å². The molecule has 102 valence electrons. The second-order valence-electron chi connectivity index (χ2n) is 4.60. The smallest absolute Gasteiger partial charge is 0.209 e. The standard InChI is InChI=1S/C13H16N2O3S/c1-10(9-19(14,16)17)8-18-12-5-4-11-3-2-6-15-13(11)7-12/h2-7,10H,8-9H2,1H3,(H2,14,16,17). The fourth-order valence-electron chi connectivity index (χ4n) is 1.82. The van der Waals surface area contributed by atoms with E-state index in [9.17, 15) is 8.42 Å². The molecular weight excluding hydrogens is 264 g/mol. The summed E-state index contributed by atoms with van der Waals surface area (Å²) in [5.41, 5.74) is 0.846. The number of nitrogens with two attached hydrogens (primary N) is 1. The van der Waals surface area contributed by atoms with Crippen LogP contribution < -0.4 is 9.88 Å². The molecule has 0 fully saturated rings. The van der Waals surface area contributed by atoms with E-state index in [0.29, 0.717) is 12.4 Å². The highest BCUT2D eigenvalue weighted by atomic mass is 32.2. The molecule has 0 amide bonds. The number of fused-ring (bicyclic) bond motifs is 1. The molecule has 0 bridgehead atoms. The Morgan fingerprint density at radius 2 is 2.16 bits per heavy atom. The van der Waals surface area contributed by atoms with E-state index < -0.39 is 10.0 Å². The summed E-state index contributed by atoms with van der Waals surface area (Å²) in [7, 11) is -3.45. The first-order chi connectivity index (χ1) is 8.94. The van der Waals surface area contributed by atoms with Gasteiger partial charge in [-0.05, 0) is 18.2 Å². The summed E-state index contributed by atoms with van der Waals surface area (Å²) < 4.78 is 27.4. The third kappa shape index (κ3) is 4.18. The number of rotatable bonds is 5. The Morgan fingerprint density at radius 3 is 2.89 bits per heavy atom. The van der Waals surface area contributed by atoms with Crippen LogP contribution in [0.15, 0.2) is 36.5 Å². The molecule has 0 saturated heterocycles. The molecule has 1 heterocycles. The lowest BCUT2D eigenvalue weighted by molar-refractivity contribution is 0.272. The molecule has 2 aromatic rings. The maximum Gasteiger partial charge on any atom is 0.209 e. The summed E-state index contributed by atoms with van der Waals surface area (Å²) in [5.74, 6) is 0.431. The first-order valence-electron chi connectivity index (χ1n) is 5.92. The number of pyridine rings is 1. The predicted molar refractivity (Wildman–Crippen MR) is 74.4 cm³/mol. The van der Waals surface area contributed by atoms with Crippen molar-refractivity contribution in [3.05, 3.63) is 36.5 Å². The topological polar surface area (TPSA) is 82.3 Å². The average molecular weight is 280 g/mol. The molecule has 0 aliphatic heterocycles. The summed E-state index contributed by atoms with van der Waals surface area (Å²) in [6, 6.07) is 9.43. The van der Waals surface area contributed by atoms with Crippen molar-refractivity contribution < 1.29 is 13.2 Å². The van der Waals surface area contributed by atoms with Gasteiger partial charge in [-0.25, -0.2) is 13.6 Å². The van der Waals surface area contributed by atoms with Crippen molar-refractivity contribution in [2.75, 3.05) is 12.4 Å². The molecule has 0 aliphatic carbocycles. The number of sulfonamides is 1. The summed E-state index contributed by atoms with van der Waals surface area (Å²) in [5, 5.41) is 6.02. The Labute approximate surface area is 112 Å². The summed E-state index contributed by atoms with van der Waals surface area (Å²) >= 11 is 0. The summed E-state index contributed by atoms with van der Waals surface area (Å²) in [6.07, 6.45) is 1.72. The van der Waals surface area contributed by atoms with Crippen LogP contribution in [0, 0.1) is 5.92 Å². The van der Waals surface area contributed by atoms with E-state index in [0.717, 1.165) is 10.9 Å². The van der Waals surface area contributed by atoms with E-state index in [1.54, 1.807) is 13.1 Å². The lowest BCUT2D eigenvalue weighted by atomic mass is 10.2. The van der Waals surface area contributed by atoms with Gasteiger partial charge in [-0.15, -0.1) is 0 Å². The second-order valence-corrected chi connectivity index (χ2v) is 6.26. The van der Waals surface area contributed by atoms with Crippen LogP contribution in [-0.4, -0.2) is 25.8 Å². The van der Waals surface area contributed by atoms with Crippen molar-refractivity contribution in [3.63, 3.8) is 0 Å². The fourth-order valence-corrected chi connectivity index (χ4v) is 2.71. The van der Waals surface area contributed by atoms with Crippen LogP contribution in [0.3, 0.4) is 0 Å². The van der Waals surface area contributed by atoms with Gasteiger partial charge in [0, 0.05) is 23.6 Å². The molecule has 1 atom stereocenters. The average Bonchev–Trinajstić information content (AvgIpc) is 2.34. The zero-order chi connectivity index (χ0) is 13.9. The van der Waals surface area contributed by atoms with Crippen molar-refractivity contribution in [2.45, 2.75) is 6.92 Å². The van der Waals surface area contributed by atoms with Gasteiger partial charge in [0.2, 0.25) is 10.0 Å². The van der Waals surface area contributed by atoms with Crippen LogP contribution in [-0.2, 0) is 10.0 Å². The molecule has 1 aromatic heterocycles. The van der Waals surface area contributed by atoms with Crippen LogP contribution in [0.25, 0.3) is 10.9 Å². The Kier molecular flexibility index (Phi) is 4.01. The highest BCUT2D eigenvalue weighted by Gasteiger charge is 2.11. The van der Waals surface area contributed by atoms with Crippen LogP contribution >= 0.6 is 0 Å². The number of nitrogens with zero attached hydrogens (tertiary/aromatic N) is 1. The van der Waals surface area contributed by atoms with Crippen LogP contribution in [0.2, 0.25) is 0 Å². The second kappa shape index (κ2) is 5.54. The van der Waals surface area contributed by atoms with Gasteiger partial charge in [0.25, 0.3) is 0 Å².